The van der Waals surface area contributed by atoms with Gasteiger partial charge in [-0.2, -0.15) is 13.2 Å². The maximum atomic E-state index is 11.4. The van der Waals surface area contributed by atoms with Gasteiger partial charge in [0.1, 0.15) is 6.54 Å². The molecule has 0 aliphatic carbocycles. The minimum absolute atomic E-state index is 0.912. The predicted octanol–water partition coefficient (Wildman–Crippen LogP) is 0.688. The van der Waals surface area contributed by atoms with Gasteiger partial charge in [0.2, 0.25) is 0 Å². The second-order valence-corrected chi connectivity index (χ2v) is 1.67. The Morgan fingerprint density at radius 2 is 2.09 bits per heavy atom. The molecule has 2 nitrogen and oxygen atoms in total. The Hall–Kier alpha value is -1.18. The zero-order valence-corrected chi connectivity index (χ0v) is 5.75. The summed E-state index contributed by atoms with van der Waals surface area (Å²) < 4.78 is 34.2. The van der Waals surface area contributed by atoms with Crippen LogP contribution in [0.15, 0.2) is 0 Å². The average molecular weight is 165 g/mol. The van der Waals surface area contributed by atoms with Gasteiger partial charge < -0.3 is 5.32 Å². The van der Waals surface area contributed by atoms with Crippen LogP contribution in [-0.4, -0.2) is 18.6 Å². The fourth-order valence-corrected chi connectivity index (χ4v) is 0.338. The minimum atomic E-state index is -4.37. The van der Waals surface area contributed by atoms with E-state index >= 15 is 0 Å². The van der Waals surface area contributed by atoms with Crippen LogP contribution in [0.1, 0.15) is 6.92 Å². The Morgan fingerprint density at radius 3 is 2.45 bits per heavy atom. The van der Waals surface area contributed by atoms with Gasteiger partial charge in [0.15, 0.2) is 0 Å². The van der Waals surface area contributed by atoms with Gasteiger partial charge in [0.25, 0.3) is 5.91 Å². The highest BCUT2D eigenvalue weighted by molar-refractivity contribution is 5.93. The zero-order chi connectivity index (χ0) is 8.91. The molecule has 1 N–H and O–H groups in total. The molecule has 0 unspecified atom stereocenters. The van der Waals surface area contributed by atoms with E-state index in [0.29, 0.717) is 0 Å². The van der Waals surface area contributed by atoms with Crippen molar-refractivity contribution in [3.63, 3.8) is 0 Å². The van der Waals surface area contributed by atoms with Gasteiger partial charge >= 0.3 is 6.18 Å². The van der Waals surface area contributed by atoms with E-state index in [1.165, 1.54) is 6.92 Å². The lowest BCUT2D eigenvalue weighted by atomic mass is 10.5. The smallest absolute Gasteiger partial charge is 0.336 e. The standard InChI is InChI=1S/C6H6F3NO/c1-2-3-5(11)10-4-6(7,8)9/h4H2,1H3,(H,10,11). The molecule has 0 saturated heterocycles. The van der Waals surface area contributed by atoms with Gasteiger partial charge in [0, 0.05) is 0 Å². The fraction of sp³-hybridized carbons (Fsp3) is 0.500. The van der Waals surface area contributed by atoms with Crippen molar-refractivity contribution in [1.29, 1.82) is 0 Å². The fourth-order valence-electron chi connectivity index (χ4n) is 0.338. The maximum absolute atomic E-state index is 11.4. The first-order chi connectivity index (χ1) is 4.95. The van der Waals surface area contributed by atoms with Crippen molar-refractivity contribution in [2.45, 2.75) is 13.1 Å². The number of carbonyl (C=O) groups is 1. The van der Waals surface area contributed by atoms with E-state index < -0.39 is 18.6 Å². The van der Waals surface area contributed by atoms with Gasteiger partial charge in [-0.25, -0.2) is 0 Å². The normalized spacial score (nSPS) is 9.82. The molecule has 11 heavy (non-hydrogen) atoms. The Balaban J connectivity index is 3.69. The largest absolute Gasteiger partial charge is 0.405 e. The molecule has 0 aromatic heterocycles. The highest BCUT2D eigenvalue weighted by atomic mass is 19.4. The summed E-state index contributed by atoms with van der Waals surface area (Å²) in [6.45, 7) is 0.0354. The molecule has 0 aliphatic rings. The van der Waals surface area contributed by atoms with E-state index in [1.807, 2.05) is 5.92 Å². The number of hydrogen-bond donors (Lipinski definition) is 1. The topological polar surface area (TPSA) is 29.1 Å². The molecule has 0 spiro atoms. The summed E-state index contributed by atoms with van der Waals surface area (Å²) in [6, 6.07) is 0. The molecule has 0 aromatic rings. The third kappa shape index (κ3) is 6.71. The van der Waals surface area contributed by atoms with Crippen molar-refractivity contribution in [3.8, 4) is 11.8 Å². The summed E-state index contributed by atoms with van der Waals surface area (Å²) in [6.07, 6.45) is -4.37. The Morgan fingerprint density at radius 1 is 1.55 bits per heavy atom. The molecule has 1 amide bonds. The lowest BCUT2D eigenvalue weighted by Gasteiger charge is -2.04. The summed E-state index contributed by atoms with van der Waals surface area (Å²) in [5, 5.41) is 1.59. The van der Waals surface area contributed by atoms with E-state index in [9.17, 15) is 18.0 Å². The quantitative estimate of drug-likeness (QED) is 0.569. The summed E-state index contributed by atoms with van der Waals surface area (Å²) in [7, 11) is 0. The van der Waals surface area contributed by atoms with E-state index in [2.05, 4.69) is 5.92 Å². The van der Waals surface area contributed by atoms with Crippen molar-refractivity contribution in [2.75, 3.05) is 6.54 Å². The van der Waals surface area contributed by atoms with Gasteiger partial charge in [-0.1, -0.05) is 5.92 Å². The molecule has 62 valence electrons. The number of amides is 1. The lowest BCUT2D eigenvalue weighted by Crippen LogP contribution is -2.32. The molecule has 5 heteroatoms. The second kappa shape index (κ2) is 3.86. The van der Waals surface area contributed by atoms with Crippen LogP contribution in [0, 0.1) is 11.8 Å². The number of rotatable bonds is 1. The van der Waals surface area contributed by atoms with E-state index in [0.717, 1.165) is 0 Å². The number of nitrogens with one attached hydrogen (secondary N) is 1. The predicted molar refractivity (Wildman–Crippen MR) is 32.5 cm³/mol. The van der Waals surface area contributed by atoms with Crippen LogP contribution in [0.3, 0.4) is 0 Å². The van der Waals surface area contributed by atoms with Gasteiger partial charge in [-0.3, -0.25) is 4.79 Å². The maximum Gasteiger partial charge on any atom is 0.405 e. The summed E-state index contributed by atoms with van der Waals surface area (Å²) in [5.74, 6) is 3.18. The van der Waals surface area contributed by atoms with Crippen LogP contribution in [0.5, 0.6) is 0 Å². The van der Waals surface area contributed by atoms with Crippen LogP contribution >= 0.6 is 0 Å². The highest BCUT2D eigenvalue weighted by Crippen LogP contribution is 2.11. The monoisotopic (exact) mass is 165 g/mol. The third-order valence-corrected chi connectivity index (χ3v) is 0.688. The van der Waals surface area contributed by atoms with Crippen molar-refractivity contribution >= 4 is 5.91 Å². The Bertz CT molecular complexity index is 198. The van der Waals surface area contributed by atoms with E-state index in [4.69, 9.17) is 0 Å². The molecule has 0 atom stereocenters. The molecule has 0 radical (unpaired) electrons. The molecule has 0 fully saturated rings. The molecule has 0 heterocycles. The molecule has 0 aromatic carbocycles. The van der Waals surface area contributed by atoms with Crippen molar-refractivity contribution in [1.82, 2.24) is 5.32 Å². The highest BCUT2D eigenvalue weighted by Gasteiger charge is 2.27. The molecular formula is C6H6F3NO. The first kappa shape index (κ1) is 9.82. The van der Waals surface area contributed by atoms with Crippen molar-refractivity contribution < 1.29 is 18.0 Å². The van der Waals surface area contributed by atoms with Crippen LogP contribution in [0.2, 0.25) is 0 Å². The second-order valence-electron chi connectivity index (χ2n) is 1.67. The average Bonchev–Trinajstić information content (AvgIpc) is 1.83. The SMILES string of the molecule is CC#CC(=O)NCC(F)(F)F. The molecule has 0 aliphatic heterocycles. The lowest BCUT2D eigenvalue weighted by molar-refractivity contribution is -0.135. The molecular weight excluding hydrogens is 159 g/mol. The van der Waals surface area contributed by atoms with Crippen molar-refractivity contribution in [2.24, 2.45) is 0 Å². The number of halogens is 3. The summed E-state index contributed by atoms with van der Waals surface area (Å²) >= 11 is 0. The number of hydrogen-bond acceptors (Lipinski definition) is 1. The molecule has 0 rings (SSSR count). The summed E-state index contributed by atoms with van der Waals surface area (Å²) in [4.78, 5) is 10.3. The van der Waals surface area contributed by atoms with Crippen LogP contribution in [-0.2, 0) is 4.79 Å². The Labute approximate surface area is 61.8 Å². The van der Waals surface area contributed by atoms with E-state index in [-0.39, 0.29) is 0 Å². The van der Waals surface area contributed by atoms with Crippen LogP contribution < -0.4 is 5.32 Å². The van der Waals surface area contributed by atoms with Crippen LogP contribution in [0.25, 0.3) is 0 Å². The zero-order valence-electron chi connectivity index (χ0n) is 5.75. The van der Waals surface area contributed by atoms with Gasteiger partial charge in [-0.05, 0) is 12.8 Å². The molecule has 0 bridgehead atoms. The Kier molecular flexibility index (Phi) is 3.45. The van der Waals surface area contributed by atoms with Gasteiger partial charge in [0.05, 0.1) is 0 Å². The van der Waals surface area contributed by atoms with Crippen LogP contribution in [0.4, 0.5) is 13.2 Å². The minimum Gasteiger partial charge on any atom is -0.336 e. The van der Waals surface area contributed by atoms with Gasteiger partial charge in [-0.15, -0.1) is 0 Å². The number of alkyl halides is 3. The third-order valence-electron chi connectivity index (χ3n) is 0.688. The first-order valence-electron chi connectivity index (χ1n) is 2.73. The van der Waals surface area contributed by atoms with Crippen molar-refractivity contribution in [3.05, 3.63) is 0 Å². The first-order valence-corrected chi connectivity index (χ1v) is 2.73. The van der Waals surface area contributed by atoms with E-state index in [1.54, 1.807) is 5.32 Å². The summed E-state index contributed by atoms with van der Waals surface area (Å²) in [5.41, 5.74) is 0. The molecule has 0 saturated carbocycles. The number of carbonyl (C=O) groups excluding carboxylic acids is 1.